The van der Waals surface area contributed by atoms with Crippen molar-refractivity contribution in [2.75, 3.05) is 19.5 Å². The number of fused-ring (bicyclic) bond motifs is 1. The van der Waals surface area contributed by atoms with E-state index in [1.807, 2.05) is 30.3 Å². The maximum absolute atomic E-state index is 12.8. The normalized spacial score (nSPS) is 15.6. The van der Waals surface area contributed by atoms with Gasteiger partial charge in [0.1, 0.15) is 0 Å². The molecule has 6 nitrogen and oxygen atoms in total. The van der Waals surface area contributed by atoms with E-state index in [4.69, 9.17) is 4.74 Å². The van der Waals surface area contributed by atoms with Gasteiger partial charge in [0.25, 0.3) is 5.56 Å². The highest BCUT2D eigenvalue weighted by molar-refractivity contribution is 8.00. The number of benzene rings is 1. The van der Waals surface area contributed by atoms with Gasteiger partial charge in [-0.1, -0.05) is 49.0 Å². The van der Waals surface area contributed by atoms with Gasteiger partial charge in [0, 0.05) is 25.3 Å². The van der Waals surface area contributed by atoms with Gasteiger partial charge in [0.15, 0.2) is 5.16 Å². The Morgan fingerprint density at radius 2 is 2.19 bits per heavy atom. The van der Waals surface area contributed by atoms with Crippen molar-refractivity contribution in [2.45, 2.75) is 41.7 Å². The standard InChI is InChI=1S/C19H23N3O3S2/c1-13-10-15-17(27-13)18(24)22(8-9-25-2)19(21-15)26-12-16(23)20-11-14-6-4-3-5-7-14/h3-7,13H,8-12H2,1-2H3,(H,20,23)/t13-/m0/s1. The molecule has 2 aromatic rings. The number of nitrogens with zero attached hydrogens (tertiary/aromatic N) is 2. The first-order valence-electron chi connectivity index (χ1n) is 8.81. The topological polar surface area (TPSA) is 73.2 Å². The number of nitrogens with one attached hydrogen (secondary N) is 1. The summed E-state index contributed by atoms with van der Waals surface area (Å²) in [4.78, 5) is 30.4. The highest BCUT2D eigenvalue weighted by atomic mass is 32.2. The Labute approximate surface area is 167 Å². The molecule has 0 spiro atoms. The molecule has 144 valence electrons. The molecular weight excluding hydrogens is 382 g/mol. The Morgan fingerprint density at radius 3 is 2.93 bits per heavy atom. The molecule has 0 fully saturated rings. The molecule has 0 radical (unpaired) electrons. The molecule has 8 heteroatoms. The summed E-state index contributed by atoms with van der Waals surface area (Å²) < 4.78 is 6.75. The zero-order chi connectivity index (χ0) is 19.2. The van der Waals surface area contributed by atoms with Crippen molar-refractivity contribution in [3.8, 4) is 0 Å². The van der Waals surface area contributed by atoms with Crippen molar-refractivity contribution >= 4 is 29.4 Å². The Hall–Kier alpha value is -1.77. The zero-order valence-corrected chi connectivity index (χ0v) is 17.1. The van der Waals surface area contributed by atoms with E-state index in [1.54, 1.807) is 23.4 Å². The number of carbonyl (C=O) groups is 1. The summed E-state index contributed by atoms with van der Waals surface area (Å²) in [5, 5.41) is 3.84. The summed E-state index contributed by atoms with van der Waals surface area (Å²) in [5.41, 5.74) is 1.87. The third kappa shape index (κ3) is 5.15. The SMILES string of the molecule is COCCn1c(SCC(=O)NCc2ccccc2)nc2c(c1=O)S[C@@H](C)C2. The van der Waals surface area contributed by atoms with E-state index in [-0.39, 0.29) is 17.2 Å². The number of hydrogen-bond donors (Lipinski definition) is 1. The second-order valence-corrected chi connectivity index (χ2v) is 8.69. The first-order valence-corrected chi connectivity index (χ1v) is 10.7. The van der Waals surface area contributed by atoms with Crippen LogP contribution in [0, 0.1) is 0 Å². The summed E-state index contributed by atoms with van der Waals surface area (Å²) in [6, 6.07) is 9.77. The van der Waals surface area contributed by atoms with Crippen LogP contribution in [0.15, 0.2) is 45.2 Å². The molecule has 0 saturated heterocycles. The summed E-state index contributed by atoms with van der Waals surface area (Å²) in [6.07, 6.45) is 0.786. The van der Waals surface area contributed by atoms with Crippen LogP contribution in [0.25, 0.3) is 0 Å². The first-order chi connectivity index (χ1) is 13.1. The lowest BCUT2D eigenvalue weighted by atomic mass is 10.2. The molecular formula is C19H23N3O3S2. The average molecular weight is 406 g/mol. The fourth-order valence-electron chi connectivity index (χ4n) is 2.80. The predicted molar refractivity (Wildman–Crippen MR) is 108 cm³/mol. The van der Waals surface area contributed by atoms with Crippen molar-refractivity contribution in [3.05, 3.63) is 51.9 Å². The van der Waals surface area contributed by atoms with Crippen LogP contribution in [0.1, 0.15) is 18.2 Å². The maximum Gasteiger partial charge on any atom is 0.268 e. The summed E-state index contributed by atoms with van der Waals surface area (Å²) in [5.74, 6) is 0.132. The molecule has 2 heterocycles. The molecule has 27 heavy (non-hydrogen) atoms. The summed E-state index contributed by atoms with van der Waals surface area (Å²) in [6.45, 7) is 3.44. The van der Waals surface area contributed by atoms with Gasteiger partial charge >= 0.3 is 0 Å². The number of methoxy groups -OCH3 is 1. The quantitative estimate of drug-likeness (QED) is 0.537. The van der Waals surface area contributed by atoms with E-state index in [0.29, 0.717) is 30.1 Å². The second kappa shape index (κ2) is 9.43. The third-order valence-electron chi connectivity index (χ3n) is 4.15. The first kappa shape index (κ1) is 20.0. The van der Waals surface area contributed by atoms with E-state index in [1.165, 1.54) is 11.8 Å². The van der Waals surface area contributed by atoms with Crippen LogP contribution in [0.3, 0.4) is 0 Å². The minimum Gasteiger partial charge on any atom is -0.383 e. The Bertz CT molecular complexity index is 855. The van der Waals surface area contributed by atoms with Crippen molar-refractivity contribution in [3.63, 3.8) is 0 Å². The Morgan fingerprint density at radius 1 is 1.41 bits per heavy atom. The fourth-order valence-corrected chi connectivity index (χ4v) is 4.79. The zero-order valence-electron chi connectivity index (χ0n) is 15.4. The van der Waals surface area contributed by atoms with Gasteiger partial charge in [-0.05, 0) is 5.56 Å². The number of carbonyl (C=O) groups excluding carboxylic acids is 1. The van der Waals surface area contributed by atoms with E-state index < -0.39 is 0 Å². The van der Waals surface area contributed by atoms with Crippen LogP contribution in [-0.4, -0.2) is 40.2 Å². The molecule has 1 atom stereocenters. The Kier molecular flexibility index (Phi) is 6.98. The van der Waals surface area contributed by atoms with Crippen LogP contribution in [0.4, 0.5) is 0 Å². The fraction of sp³-hybridized carbons (Fsp3) is 0.421. The summed E-state index contributed by atoms with van der Waals surface area (Å²) >= 11 is 2.88. The smallest absolute Gasteiger partial charge is 0.268 e. The summed E-state index contributed by atoms with van der Waals surface area (Å²) in [7, 11) is 1.60. The van der Waals surface area contributed by atoms with E-state index in [0.717, 1.165) is 22.6 Å². The lowest BCUT2D eigenvalue weighted by Crippen LogP contribution is -2.28. The van der Waals surface area contributed by atoms with Gasteiger partial charge < -0.3 is 10.1 Å². The van der Waals surface area contributed by atoms with Gasteiger partial charge in [0.05, 0.1) is 29.5 Å². The number of aromatic nitrogens is 2. The predicted octanol–water partition coefficient (Wildman–Crippen LogP) is 2.33. The largest absolute Gasteiger partial charge is 0.383 e. The van der Waals surface area contributed by atoms with Crippen molar-refractivity contribution < 1.29 is 9.53 Å². The van der Waals surface area contributed by atoms with Gasteiger partial charge in [-0.25, -0.2) is 4.98 Å². The average Bonchev–Trinajstić information content (AvgIpc) is 3.05. The molecule has 0 saturated carbocycles. The molecule has 1 aromatic carbocycles. The lowest BCUT2D eigenvalue weighted by molar-refractivity contribution is -0.118. The van der Waals surface area contributed by atoms with Crippen LogP contribution >= 0.6 is 23.5 Å². The highest BCUT2D eigenvalue weighted by Gasteiger charge is 2.26. The maximum atomic E-state index is 12.8. The lowest BCUT2D eigenvalue weighted by Gasteiger charge is -2.13. The minimum atomic E-state index is -0.0837. The van der Waals surface area contributed by atoms with Gasteiger partial charge in [-0.3, -0.25) is 14.2 Å². The number of amides is 1. The number of ether oxygens (including phenoxy) is 1. The van der Waals surface area contributed by atoms with Gasteiger partial charge in [-0.2, -0.15) is 0 Å². The van der Waals surface area contributed by atoms with E-state index in [9.17, 15) is 9.59 Å². The van der Waals surface area contributed by atoms with Crippen molar-refractivity contribution in [1.82, 2.24) is 14.9 Å². The number of hydrogen-bond acceptors (Lipinski definition) is 6. The van der Waals surface area contributed by atoms with Crippen LogP contribution < -0.4 is 10.9 Å². The molecule has 0 unspecified atom stereocenters. The van der Waals surface area contributed by atoms with Crippen LogP contribution in [0.2, 0.25) is 0 Å². The molecule has 0 bridgehead atoms. The molecule has 0 aliphatic carbocycles. The minimum absolute atomic E-state index is 0.0291. The van der Waals surface area contributed by atoms with Crippen LogP contribution in [-0.2, 0) is 29.0 Å². The second-order valence-electron chi connectivity index (χ2n) is 6.30. The number of thioether (sulfide) groups is 2. The Balaban J connectivity index is 1.68. The van der Waals surface area contributed by atoms with Gasteiger partial charge in [0.2, 0.25) is 5.91 Å². The molecule has 1 amide bonds. The van der Waals surface area contributed by atoms with E-state index in [2.05, 4.69) is 17.2 Å². The monoisotopic (exact) mass is 405 g/mol. The highest BCUT2D eigenvalue weighted by Crippen LogP contribution is 2.34. The molecule has 1 aromatic heterocycles. The van der Waals surface area contributed by atoms with Crippen molar-refractivity contribution in [1.29, 1.82) is 0 Å². The third-order valence-corrected chi connectivity index (χ3v) is 6.34. The van der Waals surface area contributed by atoms with Crippen molar-refractivity contribution in [2.24, 2.45) is 0 Å². The molecule has 1 aliphatic heterocycles. The number of rotatable bonds is 8. The van der Waals surface area contributed by atoms with E-state index >= 15 is 0 Å². The van der Waals surface area contributed by atoms with Gasteiger partial charge in [-0.15, -0.1) is 11.8 Å². The molecule has 3 rings (SSSR count). The molecule has 1 aliphatic rings. The molecule has 1 N–H and O–H groups in total. The van der Waals surface area contributed by atoms with Crippen LogP contribution in [0.5, 0.6) is 0 Å².